The van der Waals surface area contributed by atoms with Crippen LogP contribution in [0.3, 0.4) is 0 Å². The molecule has 2 heteroatoms. The van der Waals surface area contributed by atoms with Gasteiger partial charge in [-0.3, -0.25) is 0 Å². The van der Waals surface area contributed by atoms with Crippen LogP contribution in [0.2, 0.25) is 0 Å². The fourth-order valence-corrected chi connectivity index (χ4v) is 5.71. The van der Waals surface area contributed by atoms with Gasteiger partial charge in [0.05, 0.1) is 6.04 Å². The number of benzene rings is 2. The molecule has 2 N–H and O–H groups in total. The zero-order valence-electron chi connectivity index (χ0n) is 15.7. The van der Waals surface area contributed by atoms with Crippen LogP contribution in [0.25, 0.3) is 0 Å². The van der Waals surface area contributed by atoms with Gasteiger partial charge in [-0.05, 0) is 47.3 Å². The first-order chi connectivity index (χ1) is 11.9. The van der Waals surface area contributed by atoms with Crippen molar-refractivity contribution >= 4 is 5.69 Å². The molecule has 4 atom stereocenters. The fourth-order valence-electron chi connectivity index (χ4n) is 5.71. The maximum Gasteiger partial charge on any atom is 0.0506 e. The van der Waals surface area contributed by atoms with Crippen molar-refractivity contribution in [2.75, 3.05) is 4.90 Å². The summed E-state index contributed by atoms with van der Waals surface area (Å²) >= 11 is 0. The van der Waals surface area contributed by atoms with Gasteiger partial charge in [0.2, 0.25) is 0 Å². The molecule has 2 bridgehead atoms. The smallest absolute Gasteiger partial charge is 0.0506 e. The third-order valence-corrected chi connectivity index (χ3v) is 7.47. The Bertz CT molecular complexity index is 724. The van der Waals surface area contributed by atoms with E-state index >= 15 is 0 Å². The molecule has 0 saturated heterocycles. The Morgan fingerprint density at radius 1 is 0.960 bits per heavy atom. The largest absolute Gasteiger partial charge is 0.362 e. The molecular formula is C23H30N2. The van der Waals surface area contributed by atoms with Gasteiger partial charge in [-0.2, -0.15) is 0 Å². The summed E-state index contributed by atoms with van der Waals surface area (Å²) in [6.07, 6.45) is 2.55. The predicted molar refractivity (Wildman–Crippen MR) is 105 cm³/mol. The van der Waals surface area contributed by atoms with E-state index in [0.717, 1.165) is 6.54 Å². The summed E-state index contributed by atoms with van der Waals surface area (Å²) in [4.78, 5) is 2.58. The zero-order chi connectivity index (χ0) is 17.7. The van der Waals surface area contributed by atoms with E-state index in [1.54, 1.807) is 0 Å². The van der Waals surface area contributed by atoms with Gasteiger partial charge >= 0.3 is 0 Å². The SMILES string of the molecule is CC1(C)[C@@H]2CC[C@@]1(C)[C@H](N(Cc1ccccc1)c1ccccc1)[C@@H]2N. The van der Waals surface area contributed by atoms with Crippen LogP contribution in [0.4, 0.5) is 5.69 Å². The van der Waals surface area contributed by atoms with Crippen LogP contribution in [0.15, 0.2) is 60.7 Å². The van der Waals surface area contributed by atoms with E-state index in [9.17, 15) is 0 Å². The second-order valence-corrected chi connectivity index (χ2v) is 8.76. The van der Waals surface area contributed by atoms with Crippen molar-refractivity contribution < 1.29 is 0 Å². The molecule has 2 aromatic rings. The van der Waals surface area contributed by atoms with Crippen molar-refractivity contribution in [3.8, 4) is 0 Å². The highest BCUT2D eigenvalue weighted by Crippen LogP contribution is 2.66. The molecule has 0 amide bonds. The summed E-state index contributed by atoms with van der Waals surface area (Å²) in [6.45, 7) is 8.28. The third kappa shape index (κ3) is 2.42. The first-order valence-corrected chi connectivity index (χ1v) is 9.56. The Morgan fingerprint density at radius 3 is 2.12 bits per heavy atom. The number of hydrogen-bond acceptors (Lipinski definition) is 2. The Hall–Kier alpha value is -1.80. The molecular weight excluding hydrogens is 304 g/mol. The number of para-hydroxylation sites is 1. The number of hydrogen-bond donors (Lipinski definition) is 1. The maximum absolute atomic E-state index is 6.88. The molecule has 2 aliphatic carbocycles. The van der Waals surface area contributed by atoms with E-state index in [2.05, 4.69) is 86.3 Å². The third-order valence-electron chi connectivity index (χ3n) is 7.47. The van der Waals surface area contributed by atoms with Crippen LogP contribution in [-0.2, 0) is 6.54 Å². The van der Waals surface area contributed by atoms with E-state index in [-0.39, 0.29) is 11.5 Å². The molecule has 2 fully saturated rings. The molecule has 2 aromatic carbocycles. The number of anilines is 1. The summed E-state index contributed by atoms with van der Waals surface area (Å²) in [5.74, 6) is 0.615. The van der Waals surface area contributed by atoms with Gasteiger partial charge in [0.15, 0.2) is 0 Å². The Labute approximate surface area is 152 Å². The average molecular weight is 335 g/mol. The van der Waals surface area contributed by atoms with Crippen molar-refractivity contribution in [1.29, 1.82) is 0 Å². The number of nitrogens with two attached hydrogens (primary N) is 1. The molecule has 4 rings (SSSR count). The molecule has 2 aliphatic rings. The maximum atomic E-state index is 6.88. The molecule has 0 spiro atoms. The van der Waals surface area contributed by atoms with Crippen LogP contribution in [-0.4, -0.2) is 12.1 Å². The Balaban J connectivity index is 1.76. The van der Waals surface area contributed by atoms with Crippen molar-refractivity contribution in [2.24, 2.45) is 22.5 Å². The van der Waals surface area contributed by atoms with Crippen molar-refractivity contribution in [2.45, 2.75) is 52.2 Å². The van der Waals surface area contributed by atoms with Gasteiger partial charge in [-0.15, -0.1) is 0 Å². The first-order valence-electron chi connectivity index (χ1n) is 9.56. The number of nitrogens with zero attached hydrogens (tertiary/aromatic N) is 1. The molecule has 0 unspecified atom stereocenters. The van der Waals surface area contributed by atoms with Crippen molar-refractivity contribution in [3.05, 3.63) is 66.2 Å². The minimum Gasteiger partial charge on any atom is -0.362 e. The normalized spacial score (nSPS) is 32.7. The molecule has 132 valence electrons. The monoisotopic (exact) mass is 334 g/mol. The Kier molecular flexibility index (Phi) is 3.92. The summed E-state index contributed by atoms with van der Waals surface area (Å²) in [5, 5.41) is 0. The summed E-state index contributed by atoms with van der Waals surface area (Å²) in [7, 11) is 0. The van der Waals surface area contributed by atoms with Gasteiger partial charge in [0, 0.05) is 18.3 Å². The van der Waals surface area contributed by atoms with Gasteiger partial charge in [-0.1, -0.05) is 69.3 Å². The minimum absolute atomic E-state index is 0.234. The van der Waals surface area contributed by atoms with Crippen LogP contribution in [0, 0.1) is 16.7 Å². The molecule has 0 heterocycles. The van der Waals surface area contributed by atoms with E-state index in [1.165, 1.54) is 24.1 Å². The zero-order valence-corrected chi connectivity index (χ0v) is 15.7. The quantitative estimate of drug-likeness (QED) is 0.866. The minimum atomic E-state index is 0.234. The van der Waals surface area contributed by atoms with E-state index in [0.29, 0.717) is 17.4 Å². The number of fused-ring (bicyclic) bond motifs is 2. The highest BCUT2D eigenvalue weighted by molar-refractivity contribution is 5.50. The summed E-state index contributed by atoms with van der Waals surface area (Å²) in [6, 6.07) is 22.2. The van der Waals surface area contributed by atoms with Crippen molar-refractivity contribution in [3.63, 3.8) is 0 Å². The Morgan fingerprint density at radius 2 is 1.56 bits per heavy atom. The van der Waals surface area contributed by atoms with E-state index in [1.807, 2.05) is 0 Å². The second kappa shape index (κ2) is 5.88. The van der Waals surface area contributed by atoms with Crippen LogP contribution >= 0.6 is 0 Å². The average Bonchev–Trinajstić information content (AvgIpc) is 2.93. The van der Waals surface area contributed by atoms with Gasteiger partial charge in [0.25, 0.3) is 0 Å². The van der Waals surface area contributed by atoms with E-state index < -0.39 is 0 Å². The lowest BCUT2D eigenvalue weighted by atomic mass is 9.68. The van der Waals surface area contributed by atoms with Gasteiger partial charge in [0.1, 0.15) is 0 Å². The molecule has 0 aliphatic heterocycles. The molecule has 2 nitrogen and oxygen atoms in total. The fraction of sp³-hybridized carbons (Fsp3) is 0.478. The second-order valence-electron chi connectivity index (χ2n) is 8.76. The van der Waals surface area contributed by atoms with E-state index in [4.69, 9.17) is 5.73 Å². The summed E-state index contributed by atoms with van der Waals surface area (Å²) in [5.41, 5.74) is 10.1. The summed E-state index contributed by atoms with van der Waals surface area (Å²) < 4.78 is 0. The predicted octanol–water partition coefficient (Wildman–Crippen LogP) is 4.85. The lowest BCUT2D eigenvalue weighted by molar-refractivity contribution is 0.131. The lowest BCUT2D eigenvalue weighted by Gasteiger charge is -2.47. The number of rotatable bonds is 4. The van der Waals surface area contributed by atoms with Crippen LogP contribution in [0.5, 0.6) is 0 Å². The standard InChI is InChI=1S/C23H30N2/c1-22(2)19-14-15-23(22,3)21(20(19)24)25(18-12-8-5-9-13-18)16-17-10-6-4-7-11-17/h4-13,19-21H,14-16,24H2,1-3H3/t19-,20-,21-,23+/m1/s1. The molecule has 0 aromatic heterocycles. The van der Waals surface area contributed by atoms with Crippen LogP contribution < -0.4 is 10.6 Å². The van der Waals surface area contributed by atoms with Gasteiger partial charge in [-0.25, -0.2) is 0 Å². The topological polar surface area (TPSA) is 29.3 Å². The molecule has 0 radical (unpaired) electrons. The highest BCUT2D eigenvalue weighted by Gasteiger charge is 2.66. The molecule has 25 heavy (non-hydrogen) atoms. The highest BCUT2D eigenvalue weighted by atomic mass is 15.2. The lowest BCUT2D eigenvalue weighted by Crippen LogP contribution is -2.55. The van der Waals surface area contributed by atoms with Gasteiger partial charge < -0.3 is 10.6 Å². The molecule has 2 saturated carbocycles. The van der Waals surface area contributed by atoms with Crippen LogP contribution in [0.1, 0.15) is 39.2 Å². The first kappa shape index (κ1) is 16.7. The van der Waals surface area contributed by atoms with Crippen molar-refractivity contribution in [1.82, 2.24) is 0 Å².